The van der Waals surface area contributed by atoms with Crippen LogP contribution in [0.3, 0.4) is 0 Å². The van der Waals surface area contributed by atoms with Crippen LogP contribution in [0.1, 0.15) is 45.1 Å². The zero-order valence-electron chi connectivity index (χ0n) is 18.4. The molecule has 0 aliphatic carbocycles. The Morgan fingerprint density at radius 2 is 1.68 bits per heavy atom. The Bertz CT molecular complexity index is 996. The predicted octanol–water partition coefficient (Wildman–Crippen LogP) is 3.28. The molecule has 0 amide bonds. The van der Waals surface area contributed by atoms with Crippen molar-refractivity contribution in [3.63, 3.8) is 0 Å². The van der Waals surface area contributed by atoms with Crippen LogP contribution in [0.25, 0.3) is 0 Å². The van der Waals surface area contributed by atoms with E-state index in [2.05, 4.69) is 0 Å². The predicted molar refractivity (Wildman–Crippen MR) is 111 cm³/mol. The quantitative estimate of drug-likeness (QED) is 0.242. The van der Waals surface area contributed by atoms with Gasteiger partial charge in [0.2, 0.25) is 5.78 Å². The van der Waals surface area contributed by atoms with Gasteiger partial charge in [-0.15, -0.1) is 0 Å². The van der Waals surface area contributed by atoms with Crippen LogP contribution < -0.4 is 9.47 Å². The smallest absolute Gasteiger partial charge is 0.345 e. The molecule has 0 bridgehead atoms. The molecule has 2 aromatic rings. The van der Waals surface area contributed by atoms with Crippen LogP contribution in [0.2, 0.25) is 0 Å². The van der Waals surface area contributed by atoms with E-state index < -0.39 is 29.0 Å². The second-order valence-corrected chi connectivity index (χ2v) is 6.94. The summed E-state index contributed by atoms with van der Waals surface area (Å²) in [5, 5.41) is 11.4. The van der Waals surface area contributed by atoms with Gasteiger partial charge >= 0.3 is 5.97 Å². The molecule has 10 heteroatoms. The first-order chi connectivity index (χ1) is 14.7. The van der Waals surface area contributed by atoms with Gasteiger partial charge in [-0.2, -0.15) is 0 Å². The molecule has 0 unspecified atom stereocenters. The minimum Gasteiger partial charge on any atom is -0.493 e. The SMILES string of the molecule is COC[C@H](C)n1c(C)cc(C(=O)COC(=O)c2cc(OC)c(OC)cc2[N+](=O)[O-])c1C. The van der Waals surface area contributed by atoms with E-state index in [1.165, 1.54) is 14.2 Å². The number of carbonyl (C=O) groups excluding carboxylic acids is 2. The van der Waals surface area contributed by atoms with Crippen molar-refractivity contribution in [2.24, 2.45) is 0 Å². The molecule has 0 radical (unpaired) electrons. The van der Waals surface area contributed by atoms with Gasteiger partial charge in [0.1, 0.15) is 5.56 Å². The van der Waals surface area contributed by atoms with Gasteiger partial charge in [0.15, 0.2) is 18.1 Å². The number of hydrogen-bond acceptors (Lipinski definition) is 8. The van der Waals surface area contributed by atoms with E-state index in [-0.39, 0.29) is 23.1 Å². The number of benzene rings is 1. The number of nitro groups is 1. The first-order valence-corrected chi connectivity index (χ1v) is 9.44. The number of ether oxygens (including phenoxy) is 4. The van der Waals surface area contributed by atoms with E-state index in [9.17, 15) is 19.7 Å². The number of Topliss-reactive ketones (excluding diaryl/α,β-unsaturated/α-hetero) is 1. The van der Waals surface area contributed by atoms with Crippen LogP contribution in [0.4, 0.5) is 5.69 Å². The molecular weight excluding hydrogens is 408 g/mol. The summed E-state index contributed by atoms with van der Waals surface area (Å²) >= 11 is 0. The van der Waals surface area contributed by atoms with Crippen LogP contribution >= 0.6 is 0 Å². The summed E-state index contributed by atoms with van der Waals surface area (Å²) in [6.07, 6.45) is 0. The van der Waals surface area contributed by atoms with Crippen molar-refractivity contribution < 1.29 is 33.5 Å². The molecule has 0 fully saturated rings. The van der Waals surface area contributed by atoms with Crippen molar-refractivity contribution >= 4 is 17.4 Å². The molecule has 0 spiro atoms. The summed E-state index contributed by atoms with van der Waals surface area (Å²) in [5.74, 6) is -1.20. The van der Waals surface area contributed by atoms with E-state index in [0.29, 0.717) is 12.2 Å². The third-order valence-corrected chi connectivity index (χ3v) is 4.89. The standard InChI is InChI=1S/C21H26N2O8/c1-12-7-15(14(3)22(12)13(2)10-28-4)18(24)11-31-21(25)16-8-19(29-5)20(30-6)9-17(16)23(26)27/h7-9,13H,10-11H2,1-6H3/t13-/m0/s1. The lowest BCUT2D eigenvalue weighted by Gasteiger charge is -2.17. The Hall–Kier alpha value is -3.40. The molecule has 0 aliphatic rings. The number of nitro benzene ring substituents is 1. The van der Waals surface area contributed by atoms with Crippen LogP contribution in [-0.2, 0) is 9.47 Å². The highest BCUT2D eigenvalue weighted by Gasteiger charge is 2.27. The van der Waals surface area contributed by atoms with Gasteiger partial charge < -0.3 is 23.5 Å². The highest BCUT2D eigenvalue weighted by Crippen LogP contribution is 2.34. The van der Waals surface area contributed by atoms with E-state index in [0.717, 1.165) is 23.5 Å². The maximum absolute atomic E-state index is 12.7. The Morgan fingerprint density at radius 1 is 1.06 bits per heavy atom. The molecule has 1 aromatic carbocycles. The lowest BCUT2D eigenvalue weighted by molar-refractivity contribution is -0.385. The molecule has 2 rings (SSSR count). The summed E-state index contributed by atoms with van der Waals surface area (Å²) in [5.41, 5.74) is 1.15. The molecule has 0 saturated heterocycles. The molecule has 31 heavy (non-hydrogen) atoms. The topological polar surface area (TPSA) is 119 Å². The van der Waals surface area contributed by atoms with E-state index in [1.807, 2.05) is 18.4 Å². The largest absolute Gasteiger partial charge is 0.493 e. The van der Waals surface area contributed by atoms with Gasteiger partial charge in [-0.25, -0.2) is 4.79 Å². The van der Waals surface area contributed by atoms with E-state index in [4.69, 9.17) is 18.9 Å². The van der Waals surface area contributed by atoms with Crippen molar-refractivity contribution in [1.82, 2.24) is 4.57 Å². The normalized spacial score (nSPS) is 11.7. The fourth-order valence-corrected chi connectivity index (χ4v) is 3.52. The fourth-order valence-electron chi connectivity index (χ4n) is 3.52. The van der Waals surface area contributed by atoms with E-state index in [1.54, 1.807) is 20.1 Å². The van der Waals surface area contributed by atoms with Gasteiger partial charge in [0.25, 0.3) is 5.69 Å². The second-order valence-electron chi connectivity index (χ2n) is 6.94. The lowest BCUT2D eigenvalue weighted by atomic mass is 10.1. The molecule has 0 N–H and O–H groups in total. The summed E-state index contributed by atoms with van der Waals surface area (Å²) in [6, 6.07) is 3.96. The minimum absolute atomic E-state index is 0.0171. The number of esters is 1. The summed E-state index contributed by atoms with van der Waals surface area (Å²) < 4.78 is 22.4. The number of aromatic nitrogens is 1. The Labute approximate surface area is 179 Å². The van der Waals surface area contributed by atoms with E-state index >= 15 is 0 Å². The third kappa shape index (κ3) is 5.02. The number of methoxy groups -OCH3 is 3. The Kier molecular flexibility index (Phi) is 7.76. The number of carbonyl (C=O) groups is 2. The maximum Gasteiger partial charge on any atom is 0.345 e. The summed E-state index contributed by atoms with van der Waals surface area (Å²) in [6.45, 7) is 5.55. The summed E-state index contributed by atoms with van der Waals surface area (Å²) in [4.78, 5) is 35.9. The van der Waals surface area contributed by atoms with Crippen LogP contribution in [0.5, 0.6) is 11.5 Å². The Morgan fingerprint density at radius 3 is 2.23 bits per heavy atom. The van der Waals surface area contributed by atoms with Crippen molar-refractivity contribution in [3.05, 3.63) is 50.8 Å². The summed E-state index contributed by atoms with van der Waals surface area (Å²) in [7, 11) is 4.26. The zero-order valence-corrected chi connectivity index (χ0v) is 18.4. The van der Waals surface area contributed by atoms with Crippen LogP contribution in [0, 0.1) is 24.0 Å². The van der Waals surface area contributed by atoms with Gasteiger partial charge in [-0.1, -0.05) is 0 Å². The number of rotatable bonds is 10. The highest BCUT2D eigenvalue weighted by atomic mass is 16.6. The van der Waals surface area contributed by atoms with Crippen molar-refractivity contribution in [2.45, 2.75) is 26.8 Å². The monoisotopic (exact) mass is 434 g/mol. The third-order valence-electron chi connectivity index (χ3n) is 4.89. The number of nitrogens with zero attached hydrogens (tertiary/aromatic N) is 2. The van der Waals surface area contributed by atoms with Gasteiger partial charge in [0, 0.05) is 30.1 Å². The average Bonchev–Trinajstić information content (AvgIpc) is 3.04. The Balaban J connectivity index is 2.24. The lowest BCUT2D eigenvalue weighted by Crippen LogP contribution is -2.17. The number of hydrogen-bond donors (Lipinski definition) is 0. The highest BCUT2D eigenvalue weighted by molar-refractivity contribution is 6.01. The average molecular weight is 434 g/mol. The van der Waals surface area contributed by atoms with Gasteiger partial charge in [-0.05, 0) is 26.8 Å². The van der Waals surface area contributed by atoms with Crippen molar-refractivity contribution in [1.29, 1.82) is 0 Å². The molecular formula is C21H26N2O8. The van der Waals surface area contributed by atoms with Crippen LogP contribution in [-0.4, -0.2) is 55.8 Å². The molecule has 168 valence electrons. The number of aryl methyl sites for hydroxylation is 1. The molecule has 1 atom stereocenters. The van der Waals surface area contributed by atoms with Gasteiger partial charge in [-0.3, -0.25) is 14.9 Å². The fraction of sp³-hybridized carbons (Fsp3) is 0.429. The molecule has 1 aromatic heterocycles. The zero-order chi connectivity index (χ0) is 23.3. The van der Waals surface area contributed by atoms with Gasteiger partial charge in [0.05, 0.1) is 37.9 Å². The second kappa shape index (κ2) is 10.1. The van der Waals surface area contributed by atoms with Crippen molar-refractivity contribution in [2.75, 3.05) is 34.5 Å². The molecule has 1 heterocycles. The van der Waals surface area contributed by atoms with Crippen molar-refractivity contribution in [3.8, 4) is 11.5 Å². The maximum atomic E-state index is 12.7. The minimum atomic E-state index is -1.01. The first kappa shape index (κ1) is 23.9. The molecule has 0 saturated carbocycles. The first-order valence-electron chi connectivity index (χ1n) is 9.44. The van der Waals surface area contributed by atoms with Crippen LogP contribution in [0.15, 0.2) is 18.2 Å². The number of ketones is 1. The molecule has 0 aliphatic heterocycles. The molecule has 10 nitrogen and oxygen atoms in total.